The highest BCUT2D eigenvalue weighted by Gasteiger charge is 2.31. The Morgan fingerprint density at radius 2 is 2.05 bits per heavy atom. The zero-order chi connectivity index (χ0) is 15.2. The van der Waals surface area contributed by atoms with Gasteiger partial charge in [0.15, 0.2) is 0 Å². The number of hydrogen-bond donors (Lipinski definition) is 1. The minimum absolute atomic E-state index is 0.00556. The predicted octanol–water partition coefficient (Wildman–Crippen LogP) is 1.67. The van der Waals surface area contributed by atoms with Gasteiger partial charge in [0.05, 0.1) is 0 Å². The highest BCUT2D eigenvalue weighted by molar-refractivity contribution is 7.86. The Labute approximate surface area is 124 Å². The van der Waals surface area contributed by atoms with Crippen LogP contribution in [0.15, 0.2) is 0 Å². The summed E-state index contributed by atoms with van der Waals surface area (Å²) in [5.74, 6) is 0.431. The van der Waals surface area contributed by atoms with E-state index in [9.17, 15) is 8.42 Å². The smallest absolute Gasteiger partial charge is 0.281 e. The van der Waals surface area contributed by atoms with E-state index in [4.69, 9.17) is 0 Å². The summed E-state index contributed by atoms with van der Waals surface area (Å²) in [5, 5.41) is 3.36. The Morgan fingerprint density at radius 1 is 1.35 bits per heavy atom. The minimum Gasteiger partial charge on any atom is -0.316 e. The molecule has 0 aromatic carbocycles. The second-order valence-electron chi connectivity index (χ2n) is 6.06. The predicted molar refractivity (Wildman–Crippen MR) is 83.9 cm³/mol. The SMILES string of the molecule is CCCCN(C)S(=O)(=O)N(CC1CCCNC1)C(C)C. The molecule has 0 bridgehead atoms. The molecule has 1 rings (SSSR count). The molecular formula is C14H31N3O2S. The summed E-state index contributed by atoms with van der Waals surface area (Å²) in [6.07, 6.45) is 4.17. The summed E-state index contributed by atoms with van der Waals surface area (Å²) in [6, 6.07) is 0.00556. The quantitative estimate of drug-likeness (QED) is 0.742. The van der Waals surface area contributed by atoms with Crippen molar-refractivity contribution in [3.8, 4) is 0 Å². The molecule has 1 unspecified atom stereocenters. The maximum absolute atomic E-state index is 12.7. The Balaban J connectivity index is 2.72. The van der Waals surface area contributed by atoms with E-state index >= 15 is 0 Å². The van der Waals surface area contributed by atoms with Gasteiger partial charge in [-0.25, -0.2) is 0 Å². The van der Waals surface area contributed by atoms with Crippen LogP contribution in [0.5, 0.6) is 0 Å². The molecule has 120 valence electrons. The first-order chi connectivity index (χ1) is 9.39. The Hall–Kier alpha value is -0.170. The second kappa shape index (κ2) is 8.32. The third-order valence-electron chi connectivity index (χ3n) is 3.93. The van der Waals surface area contributed by atoms with Gasteiger partial charge in [-0.15, -0.1) is 0 Å². The van der Waals surface area contributed by atoms with Gasteiger partial charge in [0.25, 0.3) is 10.2 Å². The lowest BCUT2D eigenvalue weighted by Crippen LogP contribution is -2.49. The van der Waals surface area contributed by atoms with E-state index in [2.05, 4.69) is 12.2 Å². The standard InChI is InChI=1S/C14H31N3O2S/c1-5-6-10-16(4)20(18,19)17(13(2)3)12-14-8-7-9-15-11-14/h13-15H,5-12H2,1-4H3. The normalized spacial score (nSPS) is 21.1. The van der Waals surface area contributed by atoms with Crippen LogP contribution in [0, 0.1) is 5.92 Å². The summed E-state index contributed by atoms with van der Waals surface area (Å²) in [6.45, 7) is 9.21. The van der Waals surface area contributed by atoms with Crippen LogP contribution >= 0.6 is 0 Å². The average Bonchev–Trinajstić information content (AvgIpc) is 2.42. The minimum atomic E-state index is -3.33. The molecule has 0 saturated carbocycles. The van der Waals surface area contributed by atoms with Crippen LogP contribution in [0.25, 0.3) is 0 Å². The van der Waals surface area contributed by atoms with Crippen LogP contribution in [-0.4, -0.2) is 56.3 Å². The number of unbranched alkanes of at least 4 members (excludes halogenated alkanes) is 1. The lowest BCUT2D eigenvalue weighted by atomic mass is 9.99. The molecular weight excluding hydrogens is 274 g/mol. The second-order valence-corrected chi connectivity index (χ2v) is 8.05. The van der Waals surface area contributed by atoms with E-state index in [1.54, 1.807) is 11.4 Å². The molecule has 1 heterocycles. The monoisotopic (exact) mass is 305 g/mol. The van der Waals surface area contributed by atoms with E-state index in [1.165, 1.54) is 4.31 Å². The summed E-state index contributed by atoms with van der Waals surface area (Å²) in [7, 11) is -1.64. The summed E-state index contributed by atoms with van der Waals surface area (Å²) in [4.78, 5) is 0. The van der Waals surface area contributed by atoms with Gasteiger partial charge in [-0.2, -0.15) is 17.0 Å². The average molecular weight is 305 g/mol. The highest BCUT2D eigenvalue weighted by atomic mass is 32.2. The fourth-order valence-electron chi connectivity index (χ4n) is 2.58. The first-order valence-electron chi connectivity index (χ1n) is 7.83. The fraction of sp³-hybridized carbons (Fsp3) is 1.00. The first-order valence-corrected chi connectivity index (χ1v) is 9.23. The maximum Gasteiger partial charge on any atom is 0.281 e. The Kier molecular flexibility index (Phi) is 7.43. The molecule has 5 nitrogen and oxygen atoms in total. The van der Waals surface area contributed by atoms with Crippen molar-refractivity contribution in [3.63, 3.8) is 0 Å². The van der Waals surface area contributed by atoms with Crippen molar-refractivity contribution in [1.29, 1.82) is 0 Å². The van der Waals surface area contributed by atoms with Crippen LogP contribution in [0.3, 0.4) is 0 Å². The molecule has 0 aliphatic carbocycles. The molecule has 1 atom stereocenters. The molecule has 0 amide bonds. The van der Waals surface area contributed by atoms with Gasteiger partial charge in [-0.05, 0) is 52.1 Å². The van der Waals surface area contributed by atoms with Crippen molar-refractivity contribution < 1.29 is 8.42 Å². The van der Waals surface area contributed by atoms with E-state index in [1.807, 2.05) is 13.8 Å². The molecule has 0 aromatic heterocycles. The topological polar surface area (TPSA) is 52.7 Å². The third kappa shape index (κ3) is 4.98. The van der Waals surface area contributed by atoms with Gasteiger partial charge < -0.3 is 5.32 Å². The zero-order valence-electron chi connectivity index (χ0n) is 13.4. The van der Waals surface area contributed by atoms with Crippen LogP contribution in [-0.2, 0) is 10.2 Å². The lowest BCUT2D eigenvalue weighted by molar-refractivity contribution is 0.249. The van der Waals surface area contributed by atoms with Crippen molar-refractivity contribution >= 4 is 10.2 Å². The molecule has 1 N–H and O–H groups in total. The molecule has 1 aliphatic heterocycles. The van der Waals surface area contributed by atoms with Crippen molar-refractivity contribution in [2.45, 2.75) is 52.5 Å². The molecule has 1 saturated heterocycles. The fourth-order valence-corrected chi connectivity index (χ4v) is 4.23. The summed E-state index contributed by atoms with van der Waals surface area (Å²) >= 11 is 0. The number of nitrogens with one attached hydrogen (secondary N) is 1. The molecule has 1 aliphatic rings. The molecule has 20 heavy (non-hydrogen) atoms. The summed E-state index contributed by atoms with van der Waals surface area (Å²) in [5.41, 5.74) is 0. The number of nitrogens with zero attached hydrogens (tertiary/aromatic N) is 2. The van der Waals surface area contributed by atoms with E-state index in [0.29, 0.717) is 19.0 Å². The van der Waals surface area contributed by atoms with Crippen LogP contribution < -0.4 is 5.32 Å². The van der Waals surface area contributed by atoms with Crippen molar-refractivity contribution in [2.24, 2.45) is 5.92 Å². The van der Waals surface area contributed by atoms with Crippen LogP contribution in [0.4, 0.5) is 0 Å². The van der Waals surface area contributed by atoms with Crippen LogP contribution in [0.1, 0.15) is 46.5 Å². The van der Waals surface area contributed by atoms with E-state index < -0.39 is 10.2 Å². The Bertz CT molecular complexity index is 365. The van der Waals surface area contributed by atoms with Gasteiger partial charge in [-0.1, -0.05) is 13.3 Å². The van der Waals surface area contributed by atoms with Crippen molar-refractivity contribution in [3.05, 3.63) is 0 Å². The summed E-state index contributed by atoms with van der Waals surface area (Å²) < 4.78 is 28.5. The van der Waals surface area contributed by atoms with E-state index in [-0.39, 0.29) is 6.04 Å². The van der Waals surface area contributed by atoms with Gasteiger partial charge in [0.1, 0.15) is 0 Å². The van der Waals surface area contributed by atoms with Crippen LogP contribution in [0.2, 0.25) is 0 Å². The third-order valence-corrected chi connectivity index (χ3v) is 6.06. The zero-order valence-corrected chi connectivity index (χ0v) is 14.2. The molecule has 0 aromatic rings. The van der Waals surface area contributed by atoms with Crippen molar-refractivity contribution in [1.82, 2.24) is 13.9 Å². The largest absolute Gasteiger partial charge is 0.316 e. The maximum atomic E-state index is 12.7. The number of piperidine rings is 1. The molecule has 6 heteroatoms. The van der Waals surface area contributed by atoms with Gasteiger partial charge >= 0.3 is 0 Å². The van der Waals surface area contributed by atoms with Gasteiger partial charge in [-0.3, -0.25) is 0 Å². The first kappa shape index (κ1) is 17.9. The number of rotatable bonds is 8. The highest BCUT2D eigenvalue weighted by Crippen LogP contribution is 2.18. The lowest BCUT2D eigenvalue weighted by Gasteiger charge is -2.34. The van der Waals surface area contributed by atoms with Gasteiger partial charge in [0.2, 0.25) is 0 Å². The molecule has 1 fully saturated rings. The van der Waals surface area contributed by atoms with Crippen molar-refractivity contribution in [2.75, 3.05) is 33.2 Å². The Morgan fingerprint density at radius 3 is 2.55 bits per heavy atom. The molecule has 0 radical (unpaired) electrons. The van der Waals surface area contributed by atoms with E-state index in [0.717, 1.165) is 38.8 Å². The number of hydrogen-bond acceptors (Lipinski definition) is 3. The van der Waals surface area contributed by atoms with Gasteiger partial charge in [0, 0.05) is 26.2 Å². The molecule has 0 spiro atoms.